The number of nitrogens with zero attached hydrogens (tertiary/aromatic N) is 1. The van der Waals surface area contributed by atoms with E-state index in [2.05, 4.69) is 21.0 Å². The van der Waals surface area contributed by atoms with Crippen LogP contribution in [0.1, 0.15) is 23.1 Å². The third-order valence-electron chi connectivity index (χ3n) is 4.23. The molecule has 1 heterocycles. The SMILES string of the molecule is Cc1ccc(C)c(NC(=O)[C@@H](C)Nc2ccc(-c3csc(C)n3)cc2)c1. The highest BCUT2D eigenvalue weighted by atomic mass is 32.1. The van der Waals surface area contributed by atoms with Crippen LogP contribution in [-0.2, 0) is 4.79 Å². The first-order valence-corrected chi connectivity index (χ1v) is 9.47. The van der Waals surface area contributed by atoms with E-state index < -0.39 is 0 Å². The highest BCUT2D eigenvalue weighted by molar-refractivity contribution is 7.09. The van der Waals surface area contributed by atoms with Crippen molar-refractivity contribution in [3.8, 4) is 11.3 Å². The van der Waals surface area contributed by atoms with Crippen molar-refractivity contribution in [2.75, 3.05) is 10.6 Å². The lowest BCUT2D eigenvalue weighted by atomic mass is 10.1. The molecule has 3 aromatic rings. The smallest absolute Gasteiger partial charge is 0.246 e. The number of hydrogen-bond acceptors (Lipinski definition) is 4. The minimum atomic E-state index is -0.345. The lowest BCUT2D eigenvalue weighted by molar-refractivity contribution is -0.116. The Morgan fingerprint density at radius 2 is 1.81 bits per heavy atom. The maximum atomic E-state index is 12.5. The summed E-state index contributed by atoms with van der Waals surface area (Å²) in [7, 11) is 0. The summed E-state index contributed by atoms with van der Waals surface area (Å²) in [6.45, 7) is 7.87. The van der Waals surface area contributed by atoms with Crippen LogP contribution in [0, 0.1) is 20.8 Å². The van der Waals surface area contributed by atoms with E-state index in [-0.39, 0.29) is 11.9 Å². The summed E-state index contributed by atoms with van der Waals surface area (Å²) in [5.74, 6) is -0.0575. The fraction of sp³-hybridized carbons (Fsp3) is 0.238. The second-order valence-electron chi connectivity index (χ2n) is 6.50. The number of anilines is 2. The zero-order valence-corrected chi connectivity index (χ0v) is 16.3. The Kier molecular flexibility index (Phi) is 5.38. The lowest BCUT2D eigenvalue weighted by Crippen LogP contribution is -2.32. The molecule has 1 aromatic heterocycles. The van der Waals surface area contributed by atoms with Crippen molar-refractivity contribution < 1.29 is 4.79 Å². The Bertz CT molecular complexity index is 915. The van der Waals surface area contributed by atoms with Crippen LogP contribution in [0.3, 0.4) is 0 Å². The fourth-order valence-electron chi connectivity index (χ4n) is 2.66. The summed E-state index contributed by atoms with van der Waals surface area (Å²) >= 11 is 1.64. The van der Waals surface area contributed by atoms with Gasteiger partial charge in [0.2, 0.25) is 5.91 Å². The molecule has 0 bridgehead atoms. The van der Waals surface area contributed by atoms with E-state index in [0.717, 1.165) is 38.8 Å². The van der Waals surface area contributed by atoms with Crippen LogP contribution in [-0.4, -0.2) is 16.9 Å². The molecule has 2 N–H and O–H groups in total. The maximum Gasteiger partial charge on any atom is 0.246 e. The molecule has 0 radical (unpaired) electrons. The number of nitrogens with one attached hydrogen (secondary N) is 2. The molecule has 0 fully saturated rings. The number of aryl methyl sites for hydroxylation is 3. The molecule has 1 amide bonds. The lowest BCUT2D eigenvalue weighted by Gasteiger charge is -2.17. The molecule has 4 nitrogen and oxygen atoms in total. The van der Waals surface area contributed by atoms with Crippen molar-refractivity contribution in [1.29, 1.82) is 0 Å². The summed E-state index contributed by atoms with van der Waals surface area (Å²) < 4.78 is 0. The minimum Gasteiger partial charge on any atom is -0.374 e. The second kappa shape index (κ2) is 7.70. The van der Waals surface area contributed by atoms with Gasteiger partial charge in [0.1, 0.15) is 6.04 Å². The molecule has 1 atom stereocenters. The van der Waals surface area contributed by atoms with Gasteiger partial charge in [0.15, 0.2) is 0 Å². The average molecular weight is 366 g/mol. The van der Waals surface area contributed by atoms with Crippen LogP contribution in [0.2, 0.25) is 0 Å². The topological polar surface area (TPSA) is 54.0 Å². The number of aromatic nitrogens is 1. The first-order valence-electron chi connectivity index (χ1n) is 8.59. The van der Waals surface area contributed by atoms with Gasteiger partial charge in [-0.3, -0.25) is 4.79 Å². The first kappa shape index (κ1) is 18.1. The normalized spacial score (nSPS) is 11.8. The van der Waals surface area contributed by atoms with E-state index in [1.165, 1.54) is 0 Å². The van der Waals surface area contributed by atoms with Gasteiger partial charge < -0.3 is 10.6 Å². The number of hydrogen-bond donors (Lipinski definition) is 2. The van der Waals surface area contributed by atoms with E-state index >= 15 is 0 Å². The van der Waals surface area contributed by atoms with E-state index in [9.17, 15) is 4.79 Å². The Morgan fingerprint density at radius 3 is 2.46 bits per heavy atom. The Balaban J connectivity index is 1.64. The molecule has 0 unspecified atom stereocenters. The van der Waals surface area contributed by atoms with Crippen molar-refractivity contribution in [2.45, 2.75) is 33.7 Å². The molecule has 0 aliphatic rings. The van der Waals surface area contributed by atoms with Crippen LogP contribution in [0.25, 0.3) is 11.3 Å². The third-order valence-corrected chi connectivity index (χ3v) is 5.00. The molecule has 2 aromatic carbocycles. The van der Waals surface area contributed by atoms with Crippen molar-refractivity contribution in [3.05, 3.63) is 64.0 Å². The monoisotopic (exact) mass is 365 g/mol. The van der Waals surface area contributed by atoms with Crippen LogP contribution < -0.4 is 10.6 Å². The highest BCUT2D eigenvalue weighted by Gasteiger charge is 2.14. The summed E-state index contributed by atoms with van der Waals surface area (Å²) in [4.78, 5) is 17.0. The van der Waals surface area contributed by atoms with Crippen molar-refractivity contribution in [3.63, 3.8) is 0 Å². The van der Waals surface area contributed by atoms with Gasteiger partial charge in [0, 0.05) is 22.3 Å². The van der Waals surface area contributed by atoms with Crippen LogP contribution >= 0.6 is 11.3 Å². The van der Waals surface area contributed by atoms with Gasteiger partial charge in [0.05, 0.1) is 10.7 Å². The molecule has 5 heteroatoms. The number of carbonyl (C=O) groups is 1. The van der Waals surface area contributed by atoms with Gasteiger partial charge in [-0.15, -0.1) is 11.3 Å². The van der Waals surface area contributed by atoms with Gasteiger partial charge in [-0.2, -0.15) is 0 Å². The van der Waals surface area contributed by atoms with Crippen molar-refractivity contribution >= 4 is 28.6 Å². The molecule has 0 saturated carbocycles. The highest BCUT2D eigenvalue weighted by Crippen LogP contribution is 2.23. The Morgan fingerprint density at radius 1 is 1.08 bits per heavy atom. The Labute approximate surface area is 158 Å². The van der Waals surface area contributed by atoms with Gasteiger partial charge in [-0.25, -0.2) is 4.98 Å². The average Bonchev–Trinajstić information content (AvgIpc) is 3.05. The van der Waals surface area contributed by atoms with Gasteiger partial charge >= 0.3 is 0 Å². The standard InChI is InChI=1S/C21H23N3OS/c1-13-5-6-14(2)19(11-13)24-21(25)15(3)22-18-9-7-17(8-10-18)20-12-26-16(4)23-20/h5-12,15,22H,1-4H3,(H,24,25)/t15-/m1/s1. The number of carbonyl (C=O) groups excluding carboxylic acids is 1. The van der Waals surface area contributed by atoms with E-state index in [4.69, 9.17) is 0 Å². The summed E-state index contributed by atoms with van der Waals surface area (Å²) in [6, 6.07) is 13.7. The fourth-order valence-corrected chi connectivity index (χ4v) is 3.28. The summed E-state index contributed by atoms with van der Waals surface area (Å²) in [5, 5.41) is 9.36. The summed E-state index contributed by atoms with van der Waals surface area (Å²) in [5.41, 5.74) is 6.01. The van der Waals surface area contributed by atoms with Crippen molar-refractivity contribution in [1.82, 2.24) is 4.98 Å². The molecule has 0 aliphatic heterocycles. The predicted octanol–water partition coefficient (Wildman–Crippen LogP) is 5.17. The zero-order chi connectivity index (χ0) is 18.7. The second-order valence-corrected chi connectivity index (χ2v) is 7.56. The maximum absolute atomic E-state index is 12.5. The van der Waals surface area contributed by atoms with Crippen molar-refractivity contribution in [2.24, 2.45) is 0 Å². The van der Waals surface area contributed by atoms with Gasteiger partial charge in [0.25, 0.3) is 0 Å². The van der Waals surface area contributed by atoms with Gasteiger partial charge in [-0.05, 0) is 57.0 Å². The third kappa shape index (κ3) is 4.29. The van der Waals surface area contributed by atoms with E-state index in [1.54, 1.807) is 11.3 Å². The number of benzene rings is 2. The molecule has 0 saturated heterocycles. The molecule has 134 valence electrons. The Hall–Kier alpha value is -2.66. The van der Waals surface area contributed by atoms with E-state index in [0.29, 0.717) is 0 Å². The zero-order valence-electron chi connectivity index (χ0n) is 15.5. The largest absolute Gasteiger partial charge is 0.374 e. The number of amides is 1. The summed E-state index contributed by atoms with van der Waals surface area (Å²) in [6.07, 6.45) is 0. The van der Waals surface area contributed by atoms with Crippen LogP contribution in [0.15, 0.2) is 47.8 Å². The minimum absolute atomic E-state index is 0.0575. The first-order chi connectivity index (χ1) is 12.4. The molecule has 0 spiro atoms. The molecular formula is C21H23N3OS. The van der Waals surface area contributed by atoms with Gasteiger partial charge in [-0.1, -0.05) is 24.3 Å². The van der Waals surface area contributed by atoms with Crippen LogP contribution in [0.5, 0.6) is 0 Å². The number of rotatable bonds is 5. The molecule has 3 rings (SSSR count). The molecular weight excluding hydrogens is 342 g/mol. The number of thiazole rings is 1. The molecule has 0 aliphatic carbocycles. The predicted molar refractivity (Wildman–Crippen MR) is 110 cm³/mol. The van der Waals surface area contributed by atoms with Crippen LogP contribution in [0.4, 0.5) is 11.4 Å². The van der Waals surface area contributed by atoms with E-state index in [1.807, 2.05) is 70.2 Å². The quantitative estimate of drug-likeness (QED) is 0.655. The molecule has 26 heavy (non-hydrogen) atoms.